The molecule has 0 radical (unpaired) electrons. The first-order valence-corrected chi connectivity index (χ1v) is 6.63. The summed E-state index contributed by atoms with van der Waals surface area (Å²) in [6.07, 6.45) is 9.64. The van der Waals surface area contributed by atoms with E-state index < -0.39 is 0 Å². The van der Waals surface area contributed by atoms with Crippen LogP contribution >= 0.6 is 0 Å². The summed E-state index contributed by atoms with van der Waals surface area (Å²) in [6.45, 7) is 2.84. The molecule has 3 heteroatoms. The fourth-order valence-electron chi connectivity index (χ4n) is 2.29. The van der Waals surface area contributed by atoms with Gasteiger partial charge in [0.1, 0.15) is 11.9 Å². The van der Waals surface area contributed by atoms with Gasteiger partial charge >= 0.3 is 0 Å². The van der Waals surface area contributed by atoms with Crippen molar-refractivity contribution in [1.82, 2.24) is 4.98 Å². The van der Waals surface area contributed by atoms with Crippen molar-refractivity contribution < 1.29 is 0 Å². The average molecular weight is 241 g/mol. The monoisotopic (exact) mass is 241 g/mol. The van der Waals surface area contributed by atoms with E-state index in [1.165, 1.54) is 24.1 Å². The molecule has 0 saturated heterocycles. The molecular weight excluding hydrogens is 222 g/mol. The number of aryl methyl sites for hydroxylation is 2. The summed E-state index contributed by atoms with van der Waals surface area (Å²) in [6, 6.07) is 4.26. The second kappa shape index (κ2) is 6.20. The van der Waals surface area contributed by atoms with Crippen LogP contribution < -0.4 is 5.32 Å². The number of anilines is 1. The summed E-state index contributed by atoms with van der Waals surface area (Å²) in [5.74, 6) is 0.752. The van der Waals surface area contributed by atoms with Gasteiger partial charge in [-0.15, -0.1) is 0 Å². The first kappa shape index (κ1) is 12.6. The Morgan fingerprint density at radius 3 is 3.06 bits per heavy atom. The normalized spacial score (nSPS) is 14.2. The van der Waals surface area contributed by atoms with Crippen LogP contribution in [0.2, 0.25) is 0 Å². The molecule has 0 bridgehead atoms. The first-order valence-electron chi connectivity index (χ1n) is 6.63. The lowest BCUT2D eigenvalue weighted by atomic mass is 9.95. The van der Waals surface area contributed by atoms with E-state index in [0.717, 1.165) is 31.6 Å². The number of nitrogens with zero attached hydrogens (tertiary/aromatic N) is 2. The first-order chi connectivity index (χ1) is 8.85. The highest BCUT2D eigenvalue weighted by Crippen LogP contribution is 2.24. The summed E-state index contributed by atoms with van der Waals surface area (Å²) in [7, 11) is 0. The van der Waals surface area contributed by atoms with Crippen molar-refractivity contribution in [2.45, 2.75) is 39.0 Å². The third-order valence-electron chi connectivity index (χ3n) is 3.26. The van der Waals surface area contributed by atoms with Crippen LogP contribution in [0.3, 0.4) is 0 Å². The van der Waals surface area contributed by atoms with E-state index in [-0.39, 0.29) is 0 Å². The Hall–Kier alpha value is -1.82. The number of hydrogen-bond acceptors (Lipinski definition) is 3. The van der Waals surface area contributed by atoms with Gasteiger partial charge in [0.2, 0.25) is 0 Å². The van der Waals surface area contributed by atoms with Gasteiger partial charge in [-0.25, -0.2) is 4.98 Å². The number of allylic oxidation sites excluding steroid dienone is 1. The van der Waals surface area contributed by atoms with Gasteiger partial charge in [0.15, 0.2) is 0 Å². The highest BCUT2D eigenvalue weighted by atomic mass is 15.0. The Morgan fingerprint density at radius 1 is 1.44 bits per heavy atom. The minimum Gasteiger partial charge on any atom is -0.369 e. The van der Waals surface area contributed by atoms with Gasteiger partial charge in [0.25, 0.3) is 0 Å². The van der Waals surface area contributed by atoms with Crippen molar-refractivity contribution in [3.05, 3.63) is 35.0 Å². The van der Waals surface area contributed by atoms with Crippen LogP contribution in [0.15, 0.2) is 18.2 Å². The van der Waals surface area contributed by atoms with Crippen molar-refractivity contribution in [1.29, 1.82) is 5.26 Å². The second-order valence-electron chi connectivity index (χ2n) is 4.59. The molecule has 1 heterocycles. The zero-order valence-electron chi connectivity index (χ0n) is 10.9. The lowest BCUT2D eigenvalue weighted by molar-refractivity contribution is 0.668. The molecule has 1 aliphatic rings. The van der Waals surface area contributed by atoms with Crippen LogP contribution in [0, 0.1) is 11.3 Å². The molecule has 0 aromatic carbocycles. The zero-order valence-corrected chi connectivity index (χ0v) is 10.9. The molecule has 1 aromatic rings. The molecule has 0 saturated carbocycles. The van der Waals surface area contributed by atoms with Crippen LogP contribution in [0.25, 0.3) is 0 Å². The van der Waals surface area contributed by atoms with Crippen molar-refractivity contribution in [2.24, 2.45) is 0 Å². The number of pyridine rings is 1. The molecule has 1 N–H and O–H groups in total. The van der Waals surface area contributed by atoms with Crippen molar-refractivity contribution >= 4 is 5.82 Å². The van der Waals surface area contributed by atoms with E-state index in [9.17, 15) is 5.26 Å². The van der Waals surface area contributed by atoms with Gasteiger partial charge in [-0.2, -0.15) is 5.26 Å². The van der Waals surface area contributed by atoms with Crippen LogP contribution in [0.5, 0.6) is 0 Å². The Balaban J connectivity index is 2.15. The number of rotatable bonds is 4. The van der Waals surface area contributed by atoms with E-state index >= 15 is 0 Å². The number of nitrogens with one attached hydrogen (secondary N) is 1. The molecule has 1 aliphatic carbocycles. The van der Waals surface area contributed by atoms with Crippen molar-refractivity contribution in [3.63, 3.8) is 0 Å². The van der Waals surface area contributed by atoms with Crippen molar-refractivity contribution in [2.75, 3.05) is 11.9 Å². The van der Waals surface area contributed by atoms with E-state index in [2.05, 4.69) is 22.4 Å². The molecular formula is C15H19N3. The largest absolute Gasteiger partial charge is 0.369 e. The molecule has 0 fully saturated rings. The minimum absolute atomic E-state index is 0.677. The van der Waals surface area contributed by atoms with E-state index in [1.54, 1.807) is 0 Å². The predicted octanol–water partition coefficient (Wildman–Crippen LogP) is 3.21. The lowest BCUT2D eigenvalue weighted by Crippen LogP contribution is -2.11. The topological polar surface area (TPSA) is 48.7 Å². The van der Waals surface area contributed by atoms with Crippen molar-refractivity contribution in [3.8, 4) is 6.07 Å². The average Bonchev–Trinajstić information content (AvgIpc) is 2.42. The molecule has 0 spiro atoms. The number of hydrogen-bond donors (Lipinski definition) is 1. The van der Waals surface area contributed by atoms with E-state index in [0.29, 0.717) is 5.56 Å². The molecule has 94 valence electrons. The minimum atomic E-state index is 0.677. The maximum atomic E-state index is 9.18. The molecule has 0 amide bonds. The van der Waals surface area contributed by atoms with E-state index in [4.69, 9.17) is 0 Å². The number of aromatic nitrogens is 1. The third kappa shape index (κ3) is 2.89. The molecule has 1 aromatic heterocycles. The third-order valence-corrected chi connectivity index (χ3v) is 3.26. The Morgan fingerprint density at radius 2 is 2.28 bits per heavy atom. The molecule has 0 aliphatic heterocycles. The summed E-state index contributed by atoms with van der Waals surface area (Å²) >= 11 is 0. The maximum Gasteiger partial charge on any atom is 0.144 e. The summed E-state index contributed by atoms with van der Waals surface area (Å²) < 4.78 is 0. The second-order valence-corrected chi connectivity index (χ2v) is 4.59. The lowest BCUT2D eigenvalue weighted by Gasteiger charge is -2.17. The number of nitriles is 1. The molecule has 18 heavy (non-hydrogen) atoms. The molecule has 3 nitrogen and oxygen atoms in total. The Bertz CT molecular complexity index is 483. The van der Waals surface area contributed by atoms with Crippen LogP contribution in [0.1, 0.15) is 43.0 Å². The standard InChI is InChI=1S/C15H19N3/c1-2-3-6-9-17-15-13(11-16)10-12-7-4-5-8-14(12)18-15/h2-3,10H,4-9H2,1H3,(H,17,18)/b3-2+. The van der Waals surface area contributed by atoms with Gasteiger partial charge in [-0.3, -0.25) is 0 Å². The Kier molecular flexibility index (Phi) is 4.35. The maximum absolute atomic E-state index is 9.18. The highest BCUT2D eigenvalue weighted by molar-refractivity contribution is 5.54. The van der Waals surface area contributed by atoms with Gasteiger partial charge < -0.3 is 5.32 Å². The molecule has 0 unspecified atom stereocenters. The quantitative estimate of drug-likeness (QED) is 0.650. The van der Waals surface area contributed by atoms with Crippen LogP contribution in [-0.4, -0.2) is 11.5 Å². The predicted molar refractivity (Wildman–Crippen MR) is 73.5 cm³/mol. The number of fused-ring (bicyclic) bond motifs is 1. The summed E-state index contributed by atoms with van der Waals surface area (Å²) in [5, 5.41) is 12.4. The van der Waals surface area contributed by atoms with Gasteiger partial charge in [0.05, 0.1) is 5.56 Å². The smallest absolute Gasteiger partial charge is 0.144 e. The Labute approximate surface area is 109 Å². The highest BCUT2D eigenvalue weighted by Gasteiger charge is 2.14. The SMILES string of the molecule is C/C=C/CCNc1nc2c(cc1C#N)CCCC2. The van der Waals surface area contributed by atoms with Crippen LogP contribution in [0.4, 0.5) is 5.82 Å². The zero-order chi connectivity index (χ0) is 12.8. The van der Waals surface area contributed by atoms with E-state index in [1.807, 2.05) is 19.1 Å². The summed E-state index contributed by atoms with van der Waals surface area (Å²) in [4.78, 5) is 4.62. The molecule has 2 rings (SSSR count). The van der Waals surface area contributed by atoms with Gasteiger partial charge in [-0.1, -0.05) is 12.2 Å². The fraction of sp³-hybridized carbons (Fsp3) is 0.467. The van der Waals surface area contributed by atoms with Gasteiger partial charge in [-0.05, 0) is 50.7 Å². The van der Waals surface area contributed by atoms with Crippen LogP contribution in [-0.2, 0) is 12.8 Å². The fourth-order valence-corrected chi connectivity index (χ4v) is 2.29. The summed E-state index contributed by atoms with van der Waals surface area (Å²) in [5.41, 5.74) is 3.11. The van der Waals surface area contributed by atoms with Gasteiger partial charge in [0, 0.05) is 12.2 Å². The molecule has 0 atom stereocenters.